The van der Waals surface area contributed by atoms with Crippen LogP contribution in [0.25, 0.3) is 0 Å². The molecule has 0 aliphatic carbocycles. The Kier molecular flexibility index (Phi) is 3.75. The second-order valence-electron chi connectivity index (χ2n) is 5.59. The number of nitrogens with two attached hydrogens (primary N) is 1. The van der Waals surface area contributed by atoms with Crippen LogP contribution in [0.2, 0.25) is 0 Å². The highest BCUT2D eigenvalue weighted by Gasteiger charge is 2.33. The van der Waals surface area contributed by atoms with Gasteiger partial charge in [0.05, 0.1) is 12.1 Å². The van der Waals surface area contributed by atoms with Crippen LogP contribution in [0.15, 0.2) is 40.9 Å². The van der Waals surface area contributed by atoms with Crippen molar-refractivity contribution in [3.8, 4) is 0 Å². The van der Waals surface area contributed by atoms with Crippen molar-refractivity contribution < 1.29 is 9.32 Å². The number of carbonyl (C=O) groups excluding carboxylic acids is 1. The first kappa shape index (κ1) is 13.8. The molecule has 2 aromatic rings. The number of rotatable bonds is 3. The van der Waals surface area contributed by atoms with Gasteiger partial charge in [-0.05, 0) is 12.5 Å². The molecule has 110 valence electrons. The highest BCUT2D eigenvalue weighted by Crippen LogP contribution is 2.26. The van der Waals surface area contributed by atoms with Crippen LogP contribution in [-0.2, 0) is 11.2 Å². The molecule has 1 aromatic heterocycles. The number of carbonyl (C=O) groups is 1. The number of amides is 1. The fraction of sp³-hybridized carbons (Fsp3) is 0.375. The van der Waals surface area contributed by atoms with Gasteiger partial charge in [-0.3, -0.25) is 4.79 Å². The number of aromatic nitrogens is 1. The van der Waals surface area contributed by atoms with Crippen molar-refractivity contribution in [2.24, 2.45) is 5.73 Å². The quantitative estimate of drug-likeness (QED) is 0.927. The fourth-order valence-corrected chi connectivity index (χ4v) is 2.85. The van der Waals surface area contributed by atoms with Crippen LogP contribution in [0.5, 0.6) is 0 Å². The molecule has 1 fully saturated rings. The van der Waals surface area contributed by atoms with E-state index in [0.717, 1.165) is 5.69 Å². The van der Waals surface area contributed by atoms with Crippen molar-refractivity contribution >= 4 is 5.91 Å². The molecule has 1 aromatic carbocycles. The third-order valence-corrected chi connectivity index (χ3v) is 3.95. The highest BCUT2D eigenvalue weighted by molar-refractivity contribution is 5.78. The summed E-state index contributed by atoms with van der Waals surface area (Å²) in [7, 11) is 0. The molecule has 2 atom stereocenters. The van der Waals surface area contributed by atoms with Gasteiger partial charge in [-0.15, -0.1) is 0 Å². The van der Waals surface area contributed by atoms with Crippen LogP contribution in [-0.4, -0.2) is 35.1 Å². The summed E-state index contributed by atoms with van der Waals surface area (Å²) < 4.78 is 5.10. The molecule has 5 heteroatoms. The normalized spacial score (nSPS) is 21.7. The van der Waals surface area contributed by atoms with Gasteiger partial charge in [0.25, 0.3) is 0 Å². The Morgan fingerprint density at radius 1 is 1.38 bits per heavy atom. The molecular weight excluding hydrogens is 266 g/mol. The number of hydrogen-bond donors (Lipinski definition) is 1. The molecule has 1 aliphatic heterocycles. The summed E-state index contributed by atoms with van der Waals surface area (Å²) in [6.45, 7) is 3.09. The van der Waals surface area contributed by atoms with E-state index in [0.29, 0.717) is 18.8 Å². The van der Waals surface area contributed by atoms with Crippen molar-refractivity contribution in [2.45, 2.75) is 25.3 Å². The minimum absolute atomic E-state index is 0.0205. The molecule has 0 radical (unpaired) electrons. The SMILES string of the molecule is Cc1cc(CC(=O)N2C[C@H](c3ccccc3)[C@@H](N)C2)on1. The van der Waals surface area contributed by atoms with Crippen molar-refractivity contribution in [1.82, 2.24) is 10.1 Å². The van der Waals surface area contributed by atoms with E-state index < -0.39 is 0 Å². The minimum atomic E-state index is -0.0205. The molecule has 1 saturated heterocycles. The van der Waals surface area contributed by atoms with Crippen molar-refractivity contribution in [3.63, 3.8) is 0 Å². The van der Waals surface area contributed by atoms with Gasteiger partial charge in [0.2, 0.25) is 5.91 Å². The van der Waals surface area contributed by atoms with Gasteiger partial charge in [0, 0.05) is 31.1 Å². The summed E-state index contributed by atoms with van der Waals surface area (Å²) in [6.07, 6.45) is 0.245. The maximum absolute atomic E-state index is 12.3. The van der Waals surface area contributed by atoms with Crippen LogP contribution in [0.3, 0.4) is 0 Å². The molecule has 3 rings (SSSR count). The lowest BCUT2D eigenvalue weighted by Crippen LogP contribution is -2.33. The maximum Gasteiger partial charge on any atom is 0.230 e. The van der Waals surface area contributed by atoms with Gasteiger partial charge < -0.3 is 15.2 Å². The van der Waals surface area contributed by atoms with Crippen molar-refractivity contribution in [1.29, 1.82) is 0 Å². The van der Waals surface area contributed by atoms with Crippen molar-refractivity contribution in [2.75, 3.05) is 13.1 Å². The average molecular weight is 285 g/mol. The summed E-state index contributed by atoms with van der Waals surface area (Å²) in [4.78, 5) is 14.1. The molecule has 0 spiro atoms. The second-order valence-corrected chi connectivity index (χ2v) is 5.59. The Hall–Kier alpha value is -2.14. The molecule has 5 nitrogen and oxygen atoms in total. The van der Waals surface area contributed by atoms with Gasteiger partial charge in [-0.1, -0.05) is 35.5 Å². The lowest BCUT2D eigenvalue weighted by Gasteiger charge is -2.15. The van der Waals surface area contributed by atoms with E-state index in [4.69, 9.17) is 10.3 Å². The predicted octanol–water partition coefficient (Wildman–Crippen LogP) is 1.48. The Bertz CT molecular complexity index is 623. The van der Waals surface area contributed by atoms with Crippen LogP contribution < -0.4 is 5.73 Å². The van der Waals surface area contributed by atoms with E-state index in [1.807, 2.05) is 30.0 Å². The number of hydrogen-bond acceptors (Lipinski definition) is 4. The Labute approximate surface area is 123 Å². The van der Waals surface area contributed by atoms with E-state index in [1.54, 1.807) is 6.07 Å². The lowest BCUT2D eigenvalue weighted by atomic mass is 9.95. The van der Waals surface area contributed by atoms with Gasteiger partial charge in [0.15, 0.2) is 0 Å². The standard InChI is InChI=1S/C16H19N3O2/c1-11-7-13(21-18-11)8-16(20)19-9-14(15(17)10-19)12-5-3-2-4-6-12/h2-7,14-15H,8-10,17H2,1H3/t14-,15+/m1/s1. The number of benzene rings is 1. The smallest absolute Gasteiger partial charge is 0.230 e. The number of likely N-dealkylation sites (tertiary alicyclic amines) is 1. The third kappa shape index (κ3) is 2.97. The first-order valence-electron chi connectivity index (χ1n) is 7.14. The zero-order valence-electron chi connectivity index (χ0n) is 12.0. The minimum Gasteiger partial charge on any atom is -0.361 e. The van der Waals surface area contributed by atoms with Gasteiger partial charge in [0.1, 0.15) is 5.76 Å². The van der Waals surface area contributed by atoms with E-state index >= 15 is 0 Å². The Morgan fingerprint density at radius 3 is 2.81 bits per heavy atom. The van der Waals surface area contributed by atoms with Gasteiger partial charge in [-0.25, -0.2) is 0 Å². The molecule has 0 saturated carbocycles. The van der Waals surface area contributed by atoms with E-state index in [1.165, 1.54) is 5.56 Å². The number of aryl methyl sites for hydroxylation is 1. The zero-order valence-corrected chi connectivity index (χ0v) is 12.0. The molecule has 2 heterocycles. The monoisotopic (exact) mass is 285 g/mol. The first-order chi connectivity index (χ1) is 10.1. The topological polar surface area (TPSA) is 72.4 Å². The van der Waals surface area contributed by atoms with Crippen LogP contribution in [0.4, 0.5) is 0 Å². The summed E-state index contributed by atoms with van der Waals surface area (Å²) in [5.41, 5.74) is 8.19. The summed E-state index contributed by atoms with van der Waals surface area (Å²) in [6, 6.07) is 11.9. The van der Waals surface area contributed by atoms with E-state index in [-0.39, 0.29) is 24.3 Å². The average Bonchev–Trinajstić information content (AvgIpc) is 3.06. The number of nitrogens with zero attached hydrogens (tertiary/aromatic N) is 2. The molecule has 1 aliphatic rings. The summed E-state index contributed by atoms with van der Waals surface area (Å²) >= 11 is 0. The second kappa shape index (κ2) is 5.69. The summed E-state index contributed by atoms with van der Waals surface area (Å²) in [5, 5.41) is 3.80. The van der Waals surface area contributed by atoms with Crippen LogP contribution in [0, 0.1) is 6.92 Å². The maximum atomic E-state index is 12.3. The van der Waals surface area contributed by atoms with Gasteiger partial charge in [-0.2, -0.15) is 0 Å². The lowest BCUT2D eigenvalue weighted by molar-refractivity contribution is -0.129. The van der Waals surface area contributed by atoms with Crippen LogP contribution in [0.1, 0.15) is 22.9 Å². The molecule has 2 N–H and O–H groups in total. The molecule has 21 heavy (non-hydrogen) atoms. The van der Waals surface area contributed by atoms with E-state index in [9.17, 15) is 4.79 Å². The summed E-state index contributed by atoms with van der Waals surface area (Å²) in [5.74, 6) is 0.848. The Balaban J connectivity index is 1.66. The molecule has 1 amide bonds. The molecule has 0 bridgehead atoms. The zero-order chi connectivity index (χ0) is 14.8. The van der Waals surface area contributed by atoms with Crippen LogP contribution >= 0.6 is 0 Å². The third-order valence-electron chi connectivity index (χ3n) is 3.95. The van der Waals surface area contributed by atoms with Gasteiger partial charge >= 0.3 is 0 Å². The Morgan fingerprint density at radius 2 is 2.14 bits per heavy atom. The molecular formula is C16H19N3O2. The molecule has 0 unspecified atom stereocenters. The van der Waals surface area contributed by atoms with Crippen molar-refractivity contribution in [3.05, 3.63) is 53.4 Å². The largest absolute Gasteiger partial charge is 0.361 e. The van der Waals surface area contributed by atoms with E-state index in [2.05, 4.69) is 17.3 Å². The highest BCUT2D eigenvalue weighted by atomic mass is 16.5. The predicted molar refractivity (Wildman–Crippen MR) is 78.7 cm³/mol. The first-order valence-corrected chi connectivity index (χ1v) is 7.14. The fourth-order valence-electron chi connectivity index (χ4n) is 2.85.